The van der Waals surface area contributed by atoms with E-state index in [0.717, 1.165) is 0 Å². The van der Waals surface area contributed by atoms with E-state index in [1.54, 1.807) is 45.0 Å². The lowest BCUT2D eigenvalue weighted by Gasteiger charge is -2.21. The molecule has 0 radical (unpaired) electrons. The lowest BCUT2D eigenvalue weighted by Crippen LogP contribution is -2.28. The molecule has 0 bridgehead atoms. The molecule has 0 aromatic heterocycles. The summed E-state index contributed by atoms with van der Waals surface area (Å²) < 4.78 is 5.15. The zero-order chi connectivity index (χ0) is 16.0. The molecule has 1 N–H and O–H groups in total. The highest BCUT2D eigenvalue weighted by atomic mass is 16.6. The third-order valence-electron chi connectivity index (χ3n) is 2.72. The minimum Gasteiger partial charge on any atom is -0.481 e. The Kier molecular flexibility index (Phi) is 5.48. The van der Waals surface area contributed by atoms with Crippen LogP contribution in [0.25, 0.3) is 0 Å². The number of aliphatic carboxylic acids is 1. The molecule has 1 unspecified atom stereocenters. The molecule has 21 heavy (non-hydrogen) atoms. The normalized spacial score (nSPS) is 12.3. The van der Waals surface area contributed by atoms with Gasteiger partial charge in [-0.05, 0) is 44.9 Å². The number of carboxylic acid groups (broad SMARTS) is 1. The Morgan fingerprint density at radius 3 is 2.57 bits per heavy atom. The van der Waals surface area contributed by atoms with Crippen molar-refractivity contribution in [2.24, 2.45) is 5.92 Å². The predicted octanol–water partition coefficient (Wildman–Crippen LogP) is 2.53. The van der Waals surface area contributed by atoms with Crippen LogP contribution in [0.4, 0.5) is 0 Å². The van der Waals surface area contributed by atoms with Crippen LogP contribution in [-0.2, 0) is 20.7 Å². The summed E-state index contributed by atoms with van der Waals surface area (Å²) in [6.07, 6.45) is -0.00647. The van der Waals surface area contributed by atoms with Gasteiger partial charge in [0.05, 0.1) is 24.0 Å². The Bertz CT molecular complexity index is 566. The van der Waals surface area contributed by atoms with Crippen molar-refractivity contribution in [2.75, 3.05) is 0 Å². The van der Waals surface area contributed by atoms with E-state index in [9.17, 15) is 14.7 Å². The summed E-state index contributed by atoms with van der Waals surface area (Å²) in [6.45, 7) is 5.20. The summed E-state index contributed by atoms with van der Waals surface area (Å²) in [4.78, 5) is 23.0. The highest BCUT2D eigenvalue weighted by Crippen LogP contribution is 2.17. The van der Waals surface area contributed by atoms with Gasteiger partial charge in [-0.15, -0.1) is 0 Å². The SMILES string of the molecule is CC(C)(C)OC(=O)CC(Cc1cccc(C#N)c1)C(=O)O. The van der Waals surface area contributed by atoms with Crippen LogP contribution in [0, 0.1) is 17.2 Å². The first-order chi connectivity index (χ1) is 9.71. The molecular formula is C16H19NO4. The fourth-order valence-electron chi connectivity index (χ4n) is 1.88. The second-order valence-electron chi connectivity index (χ2n) is 5.84. The summed E-state index contributed by atoms with van der Waals surface area (Å²) in [5.74, 6) is -2.46. The molecule has 5 nitrogen and oxygen atoms in total. The van der Waals surface area contributed by atoms with Crippen LogP contribution in [0.15, 0.2) is 24.3 Å². The fraction of sp³-hybridized carbons (Fsp3) is 0.438. The summed E-state index contributed by atoms with van der Waals surface area (Å²) in [7, 11) is 0. The summed E-state index contributed by atoms with van der Waals surface area (Å²) in [5.41, 5.74) is 0.542. The molecule has 0 fully saturated rings. The van der Waals surface area contributed by atoms with Gasteiger partial charge in [0, 0.05) is 0 Å². The van der Waals surface area contributed by atoms with E-state index in [2.05, 4.69) is 0 Å². The summed E-state index contributed by atoms with van der Waals surface area (Å²) in [5, 5.41) is 18.1. The number of carboxylic acids is 1. The third kappa shape index (κ3) is 6.09. The van der Waals surface area contributed by atoms with Crippen molar-refractivity contribution in [3.05, 3.63) is 35.4 Å². The van der Waals surface area contributed by atoms with Gasteiger partial charge in [-0.2, -0.15) is 5.26 Å². The van der Waals surface area contributed by atoms with Crippen LogP contribution in [0.1, 0.15) is 38.3 Å². The van der Waals surface area contributed by atoms with Crippen LogP contribution in [0.2, 0.25) is 0 Å². The van der Waals surface area contributed by atoms with Crippen molar-refractivity contribution in [2.45, 2.75) is 39.2 Å². The summed E-state index contributed by atoms with van der Waals surface area (Å²) >= 11 is 0. The van der Waals surface area contributed by atoms with Crippen molar-refractivity contribution in [3.8, 4) is 6.07 Å². The minimum atomic E-state index is -1.05. The van der Waals surface area contributed by atoms with E-state index in [4.69, 9.17) is 10.00 Å². The molecule has 0 aliphatic heterocycles. The first kappa shape index (κ1) is 16.7. The van der Waals surface area contributed by atoms with Crippen LogP contribution < -0.4 is 0 Å². The number of hydrogen-bond donors (Lipinski definition) is 1. The maximum Gasteiger partial charge on any atom is 0.307 e. The molecule has 0 saturated heterocycles. The maximum absolute atomic E-state index is 11.7. The van der Waals surface area contributed by atoms with E-state index in [1.165, 1.54) is 0 Å². The molecule has 1 atom stereocenters. The van der Waals surface area contributed by atoms with Crippen molar-refractivity contribution in [1.29, 1.82) is 5.26 Å². The lowest BCUT2D eigenvalue weighted by atomic mass is 9.95. The van der Waals surface area contributed by atoms with Gasteiger partial charge in [0.2, 0.25) is 0 Å². The van der Waals surface area contributed by atoms with Gasteiger partial charge in [0.25, 0.3) is 0 Å². The number of nitrogens with zero attached hydrogens (tertiary/aromatic N) is 1. The second kappa shape index (κ2) is 6.89. The number of rotatable bonds is 5. The molecule has 0 aliphatic rings. The van der Waals surface area contributed by atoms with Gasteiger partial charge in [0.1, 0.15) is 5.60 Å². The van der Waals surface area contributed by atoms with Gasteiger partial charge in [-0.1, -0.05) is 12.1 Å². The monoisotopic (exact) mass is 289 g/mol. The number of carbonyl (C=O) groups is 2. The van der Waals surface area contributed by atoms with Gasteiger partial charge in [-0.25, -0.2) is 0 Å². The average Bonchev–Trinajstić information content (AvgIpc) is 2.36. The minimum absolute atomic E-state index is 0.185. The van der Waals surface area contributed by atoms with Gasteiger partial charge >= 0.3 is 11.9 Å². The van der Waals surface area contributed by atoms with Crippen LogP contribution in [0.5, 0.6) is 0 Å². The molecule has 0 saturated carbocycles. The van der Waals surface area contributed by atoms with E-state index in [0.29, 0.717) is 11.1 Å². The molecule has 112 valence electrons. The predicted molar refractivity (Wildman–Crippen MR) is 76.4 cm³/mol. The first-order valence-electron chi connectivity index (χ1n) is 6.65. The first-order valence-corrected chi connectivity index (χ1v) is 6.65. The Labute approximate surface area is 124 Å². The number of benzene rings is 1. The number of ether oxygens (including phenoxy) is 1. The van der Waals surface area contributed by atoms with E-state index in [1.807, 2.05) is 6.07 Å². The molecular weight excluding hydrogens is 270 g/mol. The molecule has 0 amide bonds. The molecule has 1 rings (SSSR count). The van der Waals surface area contributed by atoms with E-state index in [-0.39, 0.29) is 12.8 Å². The smallest absolute Gasteiger partial charge is 0.307 e. The standard InChI is InChI=1S/C16H19NO4/c1-16(2,3)21-14(18)9-13(15(19)20)8-11-5-4-6-12(7-11)10-17/h4-7,13H,8-9H2,1-3H3,(H,19,20). The van der Waals surface area contributed by atoms with E-state index < -0.39 is 23.5 Å². The third-order valence-corrected chi connectivity index (χ3v) is 2.72. The van der Waals surface area contributed by atoms with Crippen molar-refractivity contribution in [1.82, 2.24) is 0 Å². The quantitative estimate of drug-likeness (QED) is 0.841. The van der Waals surface area contributed by atoms with Crippen molar-refractivity contribution < 1.29 is 19.4 Å². The zero-order valence-electron chi connectivity index (χ0n) is 12.4. The highest BCUT2D eigenvalue weighted by Gasteiger charge is 2.25. The Balaban J connectivity index is 2.77. The summed E-state index contributed by atoms with van der Waals surface area (Å²) in [6, 6.07) is 8.72. The molecule has 0 spiro atoms. The molecule has 1 aromatic rings. The van der Waals surface area contributed by atoms with Gasteiger partial charge in [0.15, 0.2) is 0 Å². The highest BCUT2D eigenvalue weighted by molar-refractivity contribution is 5.79. The number of hydrogen-bond acceptors (Lipinski definition) is 4. The molecule has 5 heteroatoms. The fourth-order valence-corrected chi connectivity index (χ4v) is 1.88. The van der Waals surface area contributed by atoms with Crippen LogP contribution >= 0.6 is 0 Å². The second-order valence-corrected chi connectivity index (χ2v) is 5.84. The topological polar surface area (TPSA) is 87.4 Å². The zero-order valence-corrected chi connectivity index (χ0v) is 12.4. The van der Waals surface area contributed by atoms with Crippen molar-refractivity contribution in [3.63, 3.8) is 0 Å². The lowest BCUT2D eigenvalue weighted by molar-refractivity contribution is -0.159. The van der Waals surface area contributed by atoms with Crippen LogP contribution in [-0.4, -0.2) is 22.6 Å². The Morgan fingerprint density at radius 1 is 1.38 bits per heavy atom. The average molecular weight is 289 g/mol. The van der Waals surface area contributed by atoms with Crippen LogP contribution in [0.3, 0.4) is 0 Å². The Hall–Kier alpha value is -2.35. The largest absolute Gasteiger partial charge is 0.481 e. The number of carbonyl (C=O) groups excluding carboxylic acids is 1. The molecule has 1 aromatic carbocycles. The molecule has 0 aliphatic carbocycles. The van der Waals surface area contributed by atoms with E-state index >= 15 is 0 Å². The molecule has 0 heterocycles. The number of nitriles is 1. The Morgan fingerprint density at radius 2 is 2.05 bits per heavy atom. The van der Waals surface area contributed by atoms with Gasteiger partial charge < -0.3 is 9.84 Å². The van der Waals surface area contributed by atoms with Gasteiger partial charge in [-0.3, -0.25) is 9.59 Å². The number of esters is 1. The maximum atomic E-state index is 11.7. The van der Waals surface area contributed by atoms with Crippen molar-refractivity contribution >= 4 is 11.9 Å².